The van der Waals surface area contributed by atoms with E-state index < -0.39 is 0 Å². The highest BCUT2D eigenvalue weighted by Crippen LogP contribution is 2.19. The number of aromatic nitrogens is 2. The van der Waals surface area contributed by atoms with E-state index in [2.05, 4.69) is 44.8 Å². The van der Waals surface area contributed by atoms with Gasteiger partial charge in [-0.1, -0.05) is 66.1 Å². The van der Waals surface area contributed by atoms with Gasteiger partial charge in [-0.05, 0) is 23.6 Å². The summed E-state index contributed by atoms with van der Waals surface area (Å²) in [4.78, 5) is 8.62. The van der Waals surface area contributed by atoms with Crippen molar-refractivity contribution in [2.75, 3.05) is 20.2 Å². The summed E-state index contributed by atoms with van der Waals surface area (Å²) >= 11 is 6.01. The Morgan fingerprint density at radius 1 is 1.16 bits per heavy atom. The minimum atomic E-state index is 0. The van der Waals surface area contributed by atoms with Crippen LogP contribution in [0.1, 0.15) is 18.4 Å². The lowest BCUT2D eigenvalue weighted by Gasteiger charge is -2.15. The molecule has 0 fully saturated rings. The summed E-state index contributed by atoms with van der Waals surface area (Å²) in [5.74, 6) is 1.95. The average molecular weight is 556 g/mol. The lowest BCUT2D eigenvalue weighted by Crippen LogP contribution is -2.39. The van der Waals surface area contributed by atoms with Crippen molar-refractivity contribution < 1.29 is 9.26 Å². The Bertz CT molecular complexity index is 952. The van der Waals surface area contributed by atoms with E-state index in [1.807, 2.05) is 30.3 Å². The largest absolute Gasteiger partial charge is 0.376 e. The Morgan fingerprint density at radius 2 is 1.97 bits per heavy atom. The van der Waals surface area contributed by atoms with E-state index in [-0.39, 0.29) is 24.0 Å². The molecular formula is C22H27ClIN5O2. The van der Waals surface area contributed by atoms with Crippen LogP contribution >= 0.6 is 35.6 Å². The number of hydrogen-bond acceptors (Lipinski definition) is 5. The minimum absolute atomic E-state index is 0. The number of nitrogens with one attached hydrogen (secondary N) is 2. The van der Waals surface area contributed by atoms with Crippen LogP contribution in [0.5, 0.6) is 0 Å². The first-order valence-corrected chi connectivity index (χ1v) is 10.2. The third-order valence-corrected chi connectivity index (χ3v) is 4.55. The van der Waals surface area contributed by atoms with E-state index in [1.165, 1.54) is 5.56 Å². The fourth-order valence-electron chi connectivity index (χ4n) is 2.73. The van der Waals surface area contributed by atoms with Crippen molar-refractivity contribution in [3.63, 3.8) is 0 Å². The maximum absolute atomic E-state index is 6.01. The maximum atomic E-state index is 6.01. The molecule has 3 aromatic rings. The van der Waals surface area contributed by atoms with Crippen LogP contribution in [0.4, 0.5) is 0 Å². The number of ether oxygens (including phenoxy) is 1. The number of aliphatic imine (C=N–C) groups is 1. The molecule has 2 N–H and O–H groups in total. The SMILES string of the molecule is CN=C(NCc1nc(-c2cccc(Cl)c2)no1)NCC(C)COCc1ccccc1.I. The molecule has 0 aliphatic heterocycles. The molecule has 0 spiro atoms. The quantitative estimate of drug-likeness (QED) is 0.229. The predicted octanol–water partition coefficient (Wildman–Crippen LogP) is 4.53. The maximum Gasteiger partial charge on any atom is 0.246 e. The second-order valence-electron chi connectivity index (χ2n) is 6.93. The number of nitrogens with zero attached hydrogens (tertiary/aromatic N) is 3. The lowest BCUT2D eigenvalue weighted by molar-refractivity contribution is 0.0931. The van der Waals surface area contributed by atoms with Gasteiger partial charge in [0.25, 0.3) is 0 Å². The number of hydrogen-bond donors (Lipinski definition) is 2. The number of benzene rings is 2. The molecule has 2 aromatic carbocycles. The molecule has 9 heteroatoms. The molecular weight excluding hydrogens is 529 g/mol. The zero-order chi connectivity index (χ0) is 21.2. The smallest absolute Gasteiger partial charge is 0.246 e. The number of rotatable bonds is 9. The predicted molar refractivity (Wildman–Crippen MR) is 134 cm³/mol. The molecule has 1 atom stereocenters. The zero-order valence-corrected chi connectivity index (χ0v) is 20.6. The molecule has 3 rings (SSSR count). The molecule has 0 amide bonds. The highest BCUT2D eigenvalue weighted by Gasteiger charge is 2.10. The summed E-state index contributed by atoms with van der Waals surface area (Å²) in [7, 11) is 1.72. The van der Waals surface area contributed by atoms with E-state index in [0.29, 0.717) is 48.4 Å². The number of halogens is 2. The fourth-order valence-corrected chi connectivity index (χ4v) is 2.92. The molecule has 7 nitrogen and oxygen atoms in total. The Kier molecular flexibility index (Phi) is 10.8. The van der Waals surface area contributed by atoms with E-state index in [0.717, 1.165) is 12.1 Å². The summed E-state index contributed by atoms with van der Waals surface area (Å²) in [6.07, 6.45) is 0. The van der Waals surface area contributed by atoms with Crippen molar-refractivity contribution in [1.82, 2.24) is 20.8 Å². The molecule has 0 aliphatic rings. The molecule has 31 heavy (non-hydrogen) atoms. The van der Waals surface area contributed by atoms with Gasteiger partial charge in [-0.2, -0.15) is 4.98 Å². The molecule has 0 radical (unpaired) electrons. The summed E-state index contributed by atoms with van der Waals surface area (Å²) < 4.78 is 11.1. The fraction of sp³-hybridized carbons (Fsp3) is 0.318. The van der Waals surface area contributed by atoms with Gasteiger partial charge in [0.15, 0.2) is 5.96 Å². The third-order valence-electron chi connectivity index (χ3n) is 4.31. The van der Waals surface area contributed by atoms with Gasteiger partial charge in [0.05, 0.1) is 19.8 Å². The Morgan fingerprint density at radius 3 is 2.71 bits per heavy atom. The number of guanidine groups is 1. The van der Waals surface area contributed by atoms with E-state index in [1.54, 1.807) is 19.2 Å². The first kappa shape index (κ1) is 25.1. The van der Waals surface area contributed by atoms with Gasteiger partial charge < -0.3 is 19.9 Å². The second kappa shape index (κ2) is 13.3. The van der Waals surface area contributed by atoms with Gasteiger partial charge in [0.2, 0.25) is 11.7 Å². The van der Waals surface area contributed by atoms with Crippen molar-refractivity contribution in [3.05, 3.63) is 71.1 Å². The molecule has 1 heterocycles. The summed E-state index contributed by atoms with van der Waals surface area (Å²) in [6.45, 7) is 4.49. The van der Waals surface area contributed by atoms with Crippen molar-refractivity contribution in [2.24, 2.45) is 10.9 Å². The van der Waals surface area contributed by atoms with Crippen LogP contribution in [0.3, 0.4) is 0 Å². The van der Waals surface area contributed by atoms with Gasteiger partial charge in [-0.15, -0.1) is 24.0 Å². The van der Waals surface area contributed by atoms with Crippen LogP contribution in [-0.2, 0) is 17.9 Å². The minimum Gasteiger partial charge on any atom is -0.376 e. The molecule has 0 saturated carbocycles. The third kappa shape index (κ3) is 8.47. The van der Waals surface area contributed by atoms with E-state index in [9.17, 15) is 0 Å². The first-order valence-electron chi connectivity index (χ1n) is 9.78. The van der Waals surface area contributed by atoms with Crippen LogP contribution in [-0.4, -0.2) is 36.3 Å². The molecule has 0 bridgehead atoms. The molecule has 166 valence electrons. The van der Waals surface area contributed by atoms with E-state index >= 15 is 0 Å². The monoisotopic (exact) mass is 555 g/mol. The van der Waals surface area contributed by atoms with Gasteiger partial charge in [0.1, 0.15) is 0 Å². The molecule has 1 aromatic heterocycles. The Labute approximate surface area is 204 Å². The van der Waals surface area contributed by atoms with Crippen LogP contribution in [0.25, 0.3) is 11.4 Å². The van der Waals surface area contributed by atoms with Crippen LogP contribution in [0.2, 0.25) is 5.02 Å². The van der Waals surface area contributed by atoms with Gasteiger partial charge in [0, 0.05) is 24.2 Å². The van der Waals surface area contributed by atoms with Crippen molar-refractivity contribution >= 4 is 41.5 Å². The van der Waals surface area contributed by atoms with Crippen molar-refractivity contribution in [2.45, 2.75) is 20.1 Å². The summed E-state index contributed by atoms with van der Waals surface area (Å²) in [6, 6.07) is 17.5. The van der Waals surface area contributed by atoms with Crippen LogP contribution in [0.15, 0.2) is 64.1 Å². The molecule has 0 aliphatic carbocycles. The molecule has 1 unspecified atom stereocenters. The second-order valence-corrected chi connectivity index (χ2v) is 7.37. The zero-order valence-electron chi connectivity index (χ0n) is 17.5. The first-order chi connectivity index (χ1) is 14.6. The molecule has 0 saturated heterocycles. The highest BCUT2D eigenvalue weighted by atomic mass is 127. The summed E-state index contributed by atoms with van der Waals surface area (Å²) in [5, 5.41) is 11.1. The highest BCUT2D eigenvalue weighted by molar-refractivity contribution is 14.0. The summed E-state index contributed by atoms with van der Waals surface area (Å²) in [5.41, 5.74) is 1.98. The van der Waals surface area contributed by atoms with Gasteiger partial charge in [-0.3, -0.25) is 4.99 Å². The Balaban J connectivity index is 0.00000341. The van der Waals surface area contributed by atoms with Gasteiger partial charge in [-0.25, -0.2) is 0 Å². The standard InChI is InChI=1S/C22H26ClN5O2.HI/c1-16(14-29-15-17-7-4-3-5-8-17)12-25-22(24-2)26-13-20-27-21(28-30-20)18-9-6-10-19(23)11-18;/h3-11,16H,12-15H2,1-2H3,(H2,24,25,26);1H. The lowest BCUT2D eigenvalue weighted by atomic mass is 10.2. The van der Waals surface area contributed by atoms with Crippen LogP contribution in [0, 0.1) is 5.92 Å². The average Bonchev–Trinajstić information content (AvgIpc) is 3.24. The normalized spacial score (nSPS) is 12.2. The Hall–Kier alpha value is -2.17. The van der Waals surface area contributed by atoms with Crippen molar-refractivity contribution in [1.29, 1.82) is 0 Å². The van der Waals surface area contributed by atoms with E-state index in [4.69, 9.17) is 20.9 Å². The van der Waals surface area contributed by atoms with Gasteiger partial charge >= 0.3 is 0 Å². The van der Waals surface area contributed by atoms with Crippen molar-refractivity contribution in [3.8, 4) is 11.4 Å². The van der Waals surface area contributed by atoms with Crippen LogP contribution < -0.4 is 10.6 Å². The topological polar surface area (TPSA) is 84.6 Å².